The van der Waals surface area contributed by atoms with E-state index in [2.05, 4.69) is 43.4 Å². The van der Waals surface area contributed by atoms with Gasteiger partial charge in [0.05, 0.1) is 3.57 Å². The Labute approximate surface area is 128 Å². The van der Waals surface area contributed by atoms with Crippen LogP contribution in [0.4, 0.5) is 0 Å². The number of likely N-dealkylation sites (tertiary alicyclic amines) is 1. The first-order valence-corrected chi connectivity index (χ1v) is 7.64. The number of carbonyl (C=O) groups excluding carboxylic acids is 1. The number of amides is 1. The summed E-state index contributed by atoms with van der Waals surface area (Å²) in [7, 11) is 0. The number of phenolic OH excluding ortho intramolecular Hbond substituents is 1. The van der Waals surface area contributed by atoms with Gasteiger partial charge >= 0.3 is 0 Å². The normalized spacial score (nSPS) is 19.8. The fourth-order valence-corrected chi connectivity index (χ4v) is 2.82. The monoisotopic (exact) mass is 373 g/mol. The smallest absolute Gasteiger partial charge is 0.253 e. The molecule has 1 aliphatic rings. The Kier molecular flexibility index (Phi) is 4.08. The number of carbonyl (C=O) groups is 1. The third-order valence-electron chi connectivity index (χ3n) is 3.89. The molecule has 1 fully saturated rings. The summed E-state index contributed by atoms with van der Waals surface area (Å²) in [6, 6.07) is 5.13. The lowest BCUT2D eigenvalue weighted by atomic mass is 9.80. The summed E-state index contributed by atoms with van der Waals surface area (Å²) in [4.78, 5) is 14.3. The highest BCUT2D eigenvalue weighted by Crippen LogP contribution is 2.34. The van der Waals surface area contributed by atoms with Crippen molar-refractivity contribution in [2.24, 2.45) is 11.3 Å². The van der Waals surface area contributed by atoms with Gasteiger partial charge in [-0.2, -0.15) is 0 Å². The Hall–Kier alpha value is -0.780. The van der Waals surface area contributed by atoms with Crippen LogP contribution in [0, 0.1) is 14.9 Å². The Morgan fingerprint density at radius 1 is 1.42 bits per heavy atom. The maximum Gasteiger partial charge on any atom is 0.253 e. The molecule has 1 aliphatic heterocycles. The van der Waals surface area contributed by atoms with Crippen LogP contribution < -0.4 is 0 Å². The van der Waals surface area contributed by atoms with E-state index in [1.807, 2.05) is 4.90 Å². The molecular weight excluding hydrogens is 353 g/mol. The molecule has 1 amide bonds. The van der Waals surface area contributed by atoms with Crippen LogP contribution in [0.15, 0.2) is 18.2 Å². The molecule has 0 aliphatic carbocycles. The van der Waals surface area contributed by atoms with Crippen LogP contribution in [-0.2, 0) is 0 Å². The molecule has 3 nitrogen and oxygen atoms in total. The van der Waals surface area contributed by atoms with Gasteiger partial charge in [-0.15, -0.1) is 0 Å². The molecule has 0 spiro atoms. The van der Waals surface area contributed by atoms with Crippen molar-refractivity contribution in [1.82, 2.24) is 4.90 Å². The first-order chi connectivity index (χ1) is 8.79. The molecule has 1 unspecified atom stereocenters. The highest BCUT2D eigenvalue weighted by molar-refractivity contribution is 14.1. The van der Waals surface area contributed by atoms with E-state index in [0.29, 0.717) is 11.5 Å². The number of halogens is 1. The van der Waals surface area contributed by atoms with Crippen LogP contribution >= 0.6 is 22.6 Å². The zero-order valence-electron chi connectivity index (χ0n) is 11.6. The minimum absolute atomic E-state index is 0.0263. The quantitative estimate of drug-likeness (QED) is 0.766. The Morgan fingerprint density at radius 3 is 2.63 bits per heavy atom. The zero-order valence-corrected chi connectivity index (χ0v) is 13.8. The third-order valence-corrected chi connectivity index (χ3v) is 4.81. The predicted molar refractivity (Wildman–Crippen MR) is 84.3 cm³/mol. The van der Waals surface area contributed by atoms with Gasteiger partial charge in [0.25, 0.3) is 5.91 Å². The van der Waals surface area contributed by atoms with Crippen LogP contribution in [0.5, 0.6) is 5.75 Å². The summed E-state index contributed by atoms with van der Waals surface area (Å²) in [5.74, 6) is 0.755. The summed E-state index contributed by atoms with van der Waals surface area (Å²) in [6.07, 6.45) is 1.06. The number of hydrogen-bond acceptors (Lipinski definition) is 2. The van der Waals surface area contributed by atoms with E-state index < -0.39 is 0 Å². The minimum atomic E-state index is 0.0263. The highest BCUT2D eigenvalue weighted by Gasteiger charge is 2.34. The lowest BCUT2D eigenvalue weighted by molar-refractivity contribution is 0.0776. The van der Waals surface area contributed by atoms with Gasteiger partial charge in [0.15, 0.2) is 0 Å². The number of benzene rings is 1. The zero-order chi connectivity index (χ0) is 14.2. The van der Waals surface area contributed by atoms with Crippen molar-refractivity contribution in [3.8, 4) is 5.75 Å². The number of rotatable bonds is 1. The van der Waals surface area contributed by atoms with Gasteiger partial charge in [0.1, 0.15) is 5.75 Å². The average molecular weight is 373 g/mol. The van der Waals surface area contributed by atoms with E-state index in [4.69, 9.17) is 0 Å². The molecule has 1 saturated heterocycles. The fraction of sp³-hybridized carbons (Fsp3) is 0.533. The first kappa shape index (κ1) is 14.6. The number of aromatic hydroxyl groups is 1. The van der Waals surface area contributed by atoms with Crippen molar-refractivity contribution in [2.75, 3.05) is 13.1 Å². The van der Waals surface area contributed by atoms with E-state index >= 15 is 0 Å². The van der Waals surface area contributed by atoms with E-state index in [0.717, 1.165) is 23.1 Å². The van der Waals surface area contributed by atoms with Crippen LogP contribution in [0.2, 0.25) is 0 Å². The van der Waals surface area contributed by atoms with Crippen molar-refractivity contribution in [2.45, 2.75) is 27.2 Å². The number of hydrogen-bond donors (Lipinski definition) is 1. The molecule has 0 bridgehead atoms. The molecule has 0 saturated carbocycles. The van der Waals surface area contributed by atoms with Gasteiger partial charge in [-0.1, -0.05) is 20.8 Å². The lowest BCUT2D eigenvalue weighted by Crippen LogP contribution is -2.31. The van der Waals surface area contributed by atoms with Crippen molar-refractivity contribution >= 4 is 28.5 Å². The fourth-order valence-electron chi connectivity index (χ4n) is 2.48. The molecule has 1 aromatic carbocycles. The van der Waals surface area contributed by atoms with Gasteiger partial charge in [-0.25, -0.2) is 0 Å². The Balaban J connectivity index is 2.11. The average Bonchev–Trinajstić information content (AvgIpc) is 2.81. The minimum Gasteiger partial charge on any atom is -0.507 e. The molecular formula is C15H20INO2. The number of nitrogens with zero attached hydrogens (tertiary/aromatic N) is 1. The van der Waals surface area contributed by atoms with Crippen LogP contribution in [0.1, 0.15) is 37.6 Å². The SMILES string of the molecule is CC(C)(C)C1CCN(C(=O)c2ccc(I)c(O)c2)C1. The summed E-state index contributed by atoms with van der Waals surface area (Å²) >= 11 is 2.05. The summed E-state index contributed by atoms with van der Waals surface area (Å²) in [5, 5.41) is 9.69. The van der Waals surface area contributed by atoms with Gasteiger partial charge in [-0.05, 0) is 58.5 Å². The summed E-state index contributed by atoms with van der Waals surface area (Å²) in [6.45, 7) is 8.30. The second-order valence-corrected chi connectivity index (χ2v) is 7.43. The van der Waals surface area contributed by atoms with E-state index in [1.165, 1.54) is 0 Å². The molecule has 1 N–H and O–H groups in total. The molecule has 1 aromatic rings. The predicted octanol–water partition coefficient (Wildman–Crippen LogP) is 3.51. The Morgan fingerprint density at radius 2 is 2.11 bits per heavy atom. The molecule has 0 aromatic heterocycles. The van der Waals surface area contributed by atoms with Crippen LogP contribution in [0.25, 0.3) is 0 Å². The van der Waals surface area contributed by atoms with Crippen molar-refractivity contribution < 1.29 is 9.90 Å². The molecule has 0 radical (unpaired) electrons. The van der Waals surface area contributed by atoms with E-state index in [1.54, 1.807) is 18.2 Å². The molecule has 1 atom stereocenters. The first-order valence-electron chi connectivity index (χ1n) is 6.57. The van der Waals surface area contributed by atoms with Crippen molar-refractivity contribution in [1.29, 1.82) is 0 Å². The van der Waals surface area contributed by atoms with Gasteiger partial charge in [0, 0.05) is 18.7 Å². The third kappa shape index (κ3) is 3.22. The van der Waals surface area contributed by atoms with Crippen LogP contribution in [0.3, 0.4) is 0 Å². The van der Waals surface area contributed by atoms with E-state index in [-0.39, 0.29) is 17.1 Å². The molecule has 104 valence electrons. The molecule has 19 heavy (non-hydrogen) atoms. The van der Waals surface area contributed by atoms with Gasteiger partial charge in [-0.3, -0.25) is 4.79 Å². The number of phenols is 1. The molecule has 4 heteroatoms. The molecule has 2 rings (SSSR count). The maximum atomic E-state index is 12.4. The summed E-state index contributed by atoms with van der Waals surface area (Å²) < 4.78 is 0.767. The van der Waals surface area contributed by atoms with E-state index in [9.17, 15) is 9.90 Å². The maximum absolute atomic E-state index is 12.4. The largest absolute Gasteiger partial charge is 0.507 e. The second-order valence-electron chi connectivity index (χ2n) is 6.27. The van der Waals surface area contributed by atoms with Gasteiger partial charge < -0.3 is 10.0 Å². The summed E-state index contributed by atoms with van der Waals surface area (Å²) in [5.41, 5.74) is 0.816. The van der Waals surface area contributed by atoms with Crippen molar-refractivity contribution in [3.05, 3.63) is 27.3 Å². The Bertz CT molecular complexity index is 493. The van der Waals surface area contributed by atoms with Gasteiger partial charge in [0.2, 0.25) is 0 Å². The second kappa shape index (κ2) is 5.31. The van der Waals surface area contributed by atoms with Crippen molar-refractivity contribution in [3.63, 3.8) is 0 Å². The standard InChI is InChI=1S/C15H20INO2/c1-15(2,3)11-6-7-17(9-11)14(19)10-4-5-12(16)13(18)8-10/h4-5,8,11,18H,6-7,9H2,1-3H3. The lowest BCUT2D eigenvalue weighted by Gasteiger charge is -2.27. The van der Waals surface area contributed by atoms with Crippen LogP contribution in [-0.4, -0.2) is 29.0 Å². The molecule has 1 heterocycles. The topological polar surface area (TPSA) is 40.5 Å². The highest BCUT2D eigenvalue weighted by atomic mass is 127.